The lowest BCUT2D eigenvalue weighted by molar-refractivity contribution is -0.123. The molecule has 0 aromatic heterocycles. The number of nitrogens with two attached hydrogens (primary N) is 1. The van der Waals surface area contributed by atoms with Crippen LogP contribution < -0.4 is 15.8 Å². The van der Waals surface area contributed by atoms with Gasteiger partial charge < -0.3 is 15.8 Å². The third-order valence-corrected chi connectivity index (χ3v) is 4.34. The summed E-state index contributed by atoms with van der Waals surface area (Å²) >= 11 is 0. The summed E-state index contributed by atoms with van der Waals surface area (Å²) in [5, 5.41) is 2.98. The minimum absolute atomic E-state index is 0. The minimum Gasteiger partial charge on any atom is -0.497 e. The van der Waals surface area contributed by atoms with E-state index in [9.17, 15) is 4.79 Å². The van der Waals surface area contributed by atoms with Crippen LogP contribution in [0.15, 0.2) is 24.3 Å². The summed E-state index contributed by atoms with van der Waals surface area (Å²) < 4.78 is 5.19. The van der Waals surface area contributed by atoms with Crippen LogP contribution in [-0.2, 0) is 11.3 Å². The molecular formula is C17H28ClN3O2. The summed E-state index contributed by atoms with van der Waals surface area (Å²) in [6.07, 6.45) is 2.22. The number of rotatable bonds is 6. The second-order valence-electron chi connectivity index (χ2n) is 6.12. The maximum Gasteiger partial charge on any atom is 0.234 e. The molecule has 2 rings (SSSR count). The number of amides is 1. The van der Waals surface area contributed by atoms with E-state index in [-0.39, 0.29) is 18.3 Å². The summed E-state index contributed by atoms with van der Waals surface area (Å²) in [6.45, 7) is 4.78. The summed E-state index contributed by atoms with van der Waals surface area (Å²) in [6, 6.07) is 8.06. The van der Waals surface area contributed by atoms with Crippen LogP contribution in [0.3, 0.4) is 0 Å². The van der Waals surface area contributed by atoms with Crippen LogP contribution in [0.2, 0.25) is 0 Å². The number of methoxy groups -OCH3 is 1. The highest BCUT2D eigenvalue weighted by atomic mass is 35.5. The smallest absolute Gasteiger partial charge is 0.234 e. The molecule has 1 heterocycles. The Morgan fingerprint density at radius 3 is 2.96 bits per heavy atom. The monoisotopic (exact) mass is 341 g/mol. The molecule has 1 fully saturated rings. The van der Waals surface area contributed by atoms with Gasteiger partial charge in [0.1, 0.15) is 5.75 Å². The lowest BCUT2D eigenvalue weighted by Crippen LogP contribution is -2.50. The zero-order valence-electron chi connectivity index (χ0n) is 14.0. The van der Waals surface area contributed by atoms with Crippen LogP contribution in [0.4, 0.5) is 0 Å². The predicted molar refractivity (Wildman–Crippen MR) is 94.9 cm³/mol. The van der Waals surface area contributed by atoms with Gasteiger partial charge in [0.05, 0.1) is 13.7 Å². The standard InChI is InChI=1S/C17H27N3O2.ClH/c1-13-6-7-20(15(8-13)10-18)12-17(21)19-11-14-4-3-5-16(9-14)22-2;/h3-5,9,13,15H,6-8,10-12,18H2,1-2H3,(H,19,21);1H. The number of halogens is 1. The van der Waals surface area contributed by atoms with Gasteiger partial charge in [-0.2, -0.15) is 0 Å². The summed E-state index contributed by atoms with van der Waals surface area (Å²) in [7, 11) is 1.64. The first-order valence-corrected chi connectivity index (χ1v) is 7.96. The molecule has 1 aromatic carbocycles. The molecule has 1 amide bonds. The second-order valence-corrected chi connectivity index (χ2v) is 6.12. The van der Waals surface area contributed by atoms with Crippen LogP contribution >= 0.6 is 12.4 Å². The number of nitrogens with zero attached hydrogens (tertiary/aromatic N) is 1. The van der Waals surface area contributed by atoms with Crippen molar-refractivity contribution in [3.63, 3.8) is 0 Å². The number of nitrogens with one attached hydrogen (secondary N) is 1. The Labute approximate surface area is 145 Å². The zero-order valence-corrected chi connectivity index (χ0v) is 14.8. The normalized spacial score (nSPS) is 21.3. The average Bonchev–Trinajstić information content (AvgIpc) is 2.54. The van der Waals surface area contributed by atoms with E-state index in [0.717, 1.165) is 30.7 Å². The number of carbonyl (C=O) groups excluding carboxylic acids is 1. The molecule has 130 valence electrons. The molecular weight excluding hydrogens is 314 g/mol. The fraction of sp³-hybridized carbons (Fsp3) is 0.588. The average molecular weight is 342 g/mol. The Morgan fingerprint density at radius 1 is 1.48 bits per heavy atom. The van der Waals surface area contributed by atoms with Gasteiger partial charge in [0.25, 0.3) is 0 Å². The first-order valence-electron chi connectivity index (χ1n) is 7.96. The van der Waals surface area contributed by atoms with Crippen molar-refractivity contribution in [2.24, 2.45) is 11.7 Å². The van der Waals surface area contributed by atoms with Crippen molar-refractivity contribution in [3.05, 3.63) is 29.8 Å². The van der Waals surface area contributed by atoms with E-state index in [2.05, 4.69) is 17.1 Å². The first-order chi connectivity index (χ1) is 10.6. The highest BCUT2D eigenvalue weighted by Crippen LogP contribution is 2.21. The van der Waals surface area contributed by atoms with E-state index in [1.165, 1.54) is 0 Å². The van der Waals surface area contributed by atoms with Gasteiger partial charge in [-0.25, -0.2) is 0 Å². The number of piperidine rings is 1. The van der Waals surface area contributed by atoms with E-state index in [4.69, 9.17) is 10.5 Å². The highest BCUT2D eigenvalue weighted by molar-refractivity contribution is 5.85. The molecule has 5 nitrogen and oxygen atoms in total. The lowest BCUT2D eigenvalue weighted by atomic mass is 9.92. The highest BCUT2D eigenvalue weighted by Gasteiger charge is 2.26. The molecule has 1 saturated heterocycles. The number of ether oxygens (including phenoxy) is 1. The Balaban J connectivity index is 0.00000264. The molecule has 0 radical (unpaired) electrons. The molecule has 3 N–H and O–H groups in total. The largest absolute Gasteiger partial charge is 0.497 e. The zero-order chi connectivity index (χ0) is 15.9. The minimum atomic E-state index is 0. The van der Waals surface area contributed by atoms with Crippen LogP contribution in [0.25, 0.3) is 0 Å². The molecule has 23 heavy (non-hydrogen) atoms. The van der Waals surface area contributed by atoms with Gasteiger partial charge in [-0.15, -0.1) is 12.4 Å². The number of likely N-dealkylation sites (tertiary alicyclic amines) is 1. The van der Waals surface area contributed by atoms with Gasteiger partial charge in [0.2, 0.25) is 5.91 Å². The van der Waals surface area contributed by atoms with Gasteiger partial charge in [0, 0.05) is 19.1 Å². The fourth-order valence-electron chi connectivity index (χ4n) is 2.98. The van der Waals surface area contributed by atoms with Crippen LogP contribution in [0.1, 0.15) is 25.3 Å². The van der Waals surface area contributed by atoms with Crippen molar-refractivity contribution in [3.8, 4) is 5.75 Å². The SMILES string of the molecule is COc1cccc(CNC(=O)CN2CCC(C)CC2CN)c1.Cl. The molecule has 1 aliphatic rings. The third kappa shape index (κ3) is 6.01. The van der Waals surface area contributed by atoms with Crippen molar-refractivity contribution in [2.75, 3.05) is 26.7 Å². The van der Waals surface area contributed by atoms with Crippen molar-refractivity contribution in [1.82, 2.24) is 10.2 Å². The van der Waals surface area contributed by atoms with Gasteiger partial charge in [-0.1, -0.05) is 19.1 Å². The van der Waals surface area contributed by atoms with E-state index in [1.54, 1.807) is 7.11 Å². The van der Waals surface area contributed by atoms with E-state index < -0.39 is 0 Å². The maximum atomic E-state index is 12.2. The molecule has 2 unspecified atom stereocenters. The molecule has 1 aromatic rings. The maximum absolute atomic E-state index is 12.2. The molecule has 6 heteroatoms. The van der Waals surface area contributed by atoms with Crippen LogP contribution in [0.5, 0.6) is 5.75 Å². The Morgan fingerprint density at radius 2 is 2.26 bits per heavy atom. The molecule has 0 spiro atoms. The number of carbonyl (C=O) groups is 1. The quantitative estimate of drug-likeness (QED) is 0.827. The topological polar surface area (TPSA) is 67.6 Å². The van der Waals surface area contributed by atoms with Crippen molar-refractivity contribution < 1.29 is 9.53 Å². The first kappa shape index (κ1) is 19.7. The number of benzene rings is 1. The van der Waals surface area contributed by atoms with Crippen molar-refractivity contribution >= 4 is 18.3 Å². The van der Waals surface area contributed by atoms with E-state index in [1.807, 2.05) is 24.3 Å². The number of hydrogen-bond acceptors (Lipinski definition) is 4. The molecule has 2 atom stereocenters. The van der Waals surface area contributed by atoms with Crippen molar-refractivity contribution in [1.29, 1.82) is 0 Å². The number of hydrogen-bond donors (Lipinski definition) is 2. The Bertz CT molecular complexity index is 498. The van der Waals surface area contributed by atoms with Gasteiger partial charge in [-0.3, -0.25) is 9.69 Å². The molecule has 0 aliphatic carbocycles. The molecule has 1 aliphatic heterocycles. The van der Waals surface area contributed by atoms with Gasteiger partial charge in [0.15, 0.2) is 0 Å². The molecule has 0 saturated carbocycles. The third-order valence-electron chi connectivity index (χ3n) is 4.34. The lowest BCUT2D eigenvalue weighted by Gasteiger charge is -2.37. The predicted octanol–water partition coefficient (Wildman–Crippen LogP) is 1.79. The fourth-order valence-corrected chi connectivity index (χ4v) is 2.98. The van der Waals surface area contributed by atoms with Crippen LogP contribution in [0, 0.1) is 5.92 Å². The molecule has 0 bridgehead atoms. The summed E-state index contributed by atoms with van der Waals surface area (Å²) in [4.78, 5) is 14.4. The van der Waals surface area contributed by atoms with Crippen LogP contribution in [-0.4, -0.2) is 43.6 Å². The Kier molecular flexibility index (Phi) is 8.37. The van der Waals surface area contributed by atoms with E-state index in [0.29, 0.717) is 31.6 Å². The van der Waals surface area contributed by atoms with Crippen molar-refractivity contribution in [2.45, 2.75) is 32.4 Å². The second kappa shape index (κ2) is 9.75. The van der Waals surface area contributed by atoms with Gasteiger partial charge >= 0.3 is 0 Å². The van der Waals surface area contributed by atoms with E-state index >= 15 is 0 Å². The Hall–Kier alpha value is -1.30. The van der Waals surface area contributed by atoms with Gasteiger partial charge in [-0.05, 0) is 43.0 Å². The summed E-state index contributed by atoms with van der Waals surface area (Å²) in [5.41, 5.74) is 6.88. The summed E-state index contributed by atoms with van der Waals surface area (Å²) in [5.74, 6) is 1.56.